The molecule has 0 aliphatic carbocycles. The Labute approximate surface area is 106 Å². The molecule has 18 heavy (non-hydrogen) atoms. The van der Waals surface area contributed by atoms with E-state index < -0.39 is 11.9 Å². The van der Waals surface area contributed by atoms with E-state index in [2.05, 4.69) is 5.32 Å². The number of rotatable bonds is 2. The number of likely N-dealkylation sites (tertiary alicyclic amines) is 1. The molecule has 2 heterocycles. The van der Waals surface area contributed by atoms with E-state index in [1.807, 2.05) is 13.8 Å². The normalized spacial score (nSPS) is 35.8. The van der Waals surface area contributed by atoms with E-state index in [4.69, 9.17) is 9.84 Å². The number of carboxylic acid groups (broad SMARTS) is 1. The highest BCUT2D eigenvalue weighted by Crippen LogP contribution is 2.24. The number of carbonyl (C=O) groups is 2. The van der Waals surface area contributed by atoms with Gasteiger partial charge in [-0.2, -0.15) is 0 Å². The zero-order valence-electron chi connectivity index (χ0n) is 10.8. The highest BCUT2D eigenvalue weighted by atomic mass is 16.5. The Kier molecular flexibility index (Phi) is 3.47. The van der Waals surface area contributed by atoms with Gasteiger partial charge in [0.1, 0.15) is 0 Å². The number of ether oxygens (including phenoxy) is 1. The number of nitrogens with zero attached hydrogens (tertiary/aromatic N) is 1. The average molecular weight is 256 g/mol. The second-order valence-electron chi connectivity index (χ2n) is 5.62. The van der Waals surface area contributed by atoms with Crippen LogP contribution in [0.25, 0.3) is 0 Å². The molecule has 2 aliphatic heterocycles. The molecule has 2 amide bonds. The van der Waals surface area contributed by atoms with Gasteiger partial charge in [0.15, 0.2) is 0 Å². The van der Waals surface area contributed by atoms with Gasteiger partial charge in [-0.25, -0.2) is 4.79 Å². The summed E-state index contributed by atoms with van der Waals surface area (Å²) in [6.45, 7) is 5.78. The topological polar surface area (TPSA) is 78.9 Å². The van der Waals surface area contributed by atoms with Crippen molar-refractivity contribution in [1.29, 1.82) is 0 Å². The van der Waals surface area contributed by atoms with Crippen molar-refractivity contribution in [2.75, 3.05) is 26.3 Å². The Morgan fingerprint density at radius 1 is 1.44 bits per heavy atom. The molecule has 0 bridgehead atoms. The minimum Gasteiger partial charge on any atom is -0.481 e. The van der Waals surface area contributed by atoms with Crippen LogP contribution in [0.3, 0.4) is 0 Å². The average Bonchev–Trinajstić information content (AvgIpc) is 2.85. The first-order valence-corrected chi connectivity index (χ1v) is 6.29. The van der Waals surface area contributed by atoms with Crippen molar-refractivity contribution in [2.24, 2.45) is 11.8 Å². The third kappa shape index (κ3) is 2.58. The van der Waals surface area contributed by atoms with E-state index in [-0.39, 0.29) is 17.5 Å². The van der Waals surface area contributed by atoms with Crippen LogP contribution in [0.2, 0.25) is 0 Å². The second kappa shape index (κ2) is 4.76. The maximum Gasteiger partial charge on any atom is 0.317 e. The van der Waals surface area contributed by atoms with E-state index in [1.165, 1.54) is 0 Å². The van der Waals surface area contributed by atoms with Crippen molar-refractivity contribution in [3.63, 3.8) is 0 Å². The molecule has 0 aromatic carbocycles. The maximum atomic E-state index is 12.1. The van der Waals surface area contributed by atoms with Crippen molar-refractivity contribution in [2.45, 2.75) is 25.8 Å². The minimum atomic E-state index is -0.826. The fraction of sp³-hybridized carbons (Fsp3) is 0.833. The van der Waals surface area contributed by atoms with Gasteiger partial charge in [0.05, 0.1) is 18.1 Å². The zero-order valence-corrected chi connectivity index (χ0v) is 10.8. The van der Waals surface area contributed by atoms with Crippen LogP contribution < -0.4 is 5.32 Å². The largest absolute Gasteiger partial charge is 0.481 e. The molecule has 2 N–H and O–H groups in total. The van der Waals surface area contributed by atoms with Crippen molar-refractivity contribution in [3.8, 4) is 0 Å². The summed E-state index contributed by atoms with van der Waals surface area (Å²) in [5.74, 6) is -1.28. The summed E-state index contributed by atoms with van der Waals surface area (Å²) in [4.78, 5) is 24.7. The number of aliphatic carboxylic acids is 1. The smallest absolute Gasteiger partial charge is 0.317 e. The van der Waals surface area contributed by atoms with Gasteiger partial charge in [-0.05, 0) is 19.3 Å². The van der Waals surface area contributed by atoms with Crippen LogP contribution >= 0.6 is 0 Å². The molecule has 0 radical (unpaired) electrons. The molecule has 2 saturated heterocycles. The van der Waals surface area contributed by atoms with Crippen LogP contribution in [0.4, 0.5) is 4.79 Å². The molecule has 6 nitrogen and oxygen atoms in total. The van der Waals surface area contributed by atoms with Crippen molar-refractivity contribution in [1.82, 2.24) is 10.2 Å². The zero-order chi connectivity index (χ0) is 13.3. The second-order valence-corrected chi connectivity index (χ2v) is 5.62. The van der Waals surface area contributed by atoms with E-state index in [9.17, 15) is 9.59 Å². The highest BCUT2D eigenvalue weighted by Gasteiger charge is 2.39. The summed E-state index contributed by atoms with van der Waals surface area (Å²) in [5, 5.41) is 12.0. The Bertz CT molecular complexity index is 352. The fourth-order valence-corrected chi connectivity index (χ4v) is 2.56. The van der Waals surface area contributed by atoms with Crippen LogP contribution in [0, 0.1) is 11.8 Å². The third-order valence-corrected chi connectivity index (χ3v) is 3.84. The minimum absolute atomic E-state index is 0.000819. The molecular weight excluding hydrogens is 236 g/mol. The summed E-state index contributed by atoms with van der Waals surface area (Å²) in [6.07, 6.45) is 0.796. The number of carbonyl (C=O) groups excluding carboxylic acids is 1. The van der Waals surface area contributed by atoms with Crippen LogP contribution in [0.1, 0.15) is 20.3 Å². The van der Waals surface area contributed by atoms with Crippen molar-refractivity contribution in [3.05, 3.63) is 0 Å². The number of urea groups is 1. The molecule has 0 aromatic heterocycles. The molecule has 0 spiro atoms. The van der Waals surface area contributed by atoms with Crippen LogP contribution in [0.15, 0.2) is 0 Å². The number of hydrogen-bond donors (Lipinski definition) is 2. The highest BCUT2D eigenvalue weighted by molar-refractivity contribution is 5.78. The lowest BCUT2D eigenvalue weighted by molar-refractivity contribution is -0.142. The summed E-state index contributed by atoms with van der Waals surface area (Å²) < 4.78 is 5.28. The standard InChI is InChI=1S/C12H20N2O4/c1-8-5-14(6-9(8)10(15)16)11(17)13-12(2)3-4-18-7-12/h8-9H,3-7H2,1-2H3,(H,13,17)(H,15,16). The molecule has 0 aromatic rings. The first kappa shape index (κ1) is 13.1. The predicted molar refractivity (Wildman–Crippen MR) is 64.2 cm³/mol. The lowest BCUT2D eigenvalue weighted by Gasteiger charge is -2.27. The lowest BCUT2D eigenvalue weighted by Crippen LogP contribution is -2.51. The van der Waals surface area contributed by atoms with Gasteiger partial charge in [0, 0.05) is 19.7 Å². The van der Waals surface area contributed by atoms with Gasteiger partial charge < -0.3 is 20.1 Å². The molecule has 2 fully saturated rings. The van der Waals surface area contributed by atoms with E-state index in [1.54, 1.807) is 4.90 Å². The summed E-state index contributed by atoms with van der Waals surface area (Å²) in [6, 6.07) is -0.182. The fourth-order valence-electron chi connectivity index (χ4n) is 2.56. The first-order chi connectivity index (χ1) is 8.41. The number of amides is 2. The Balaban J connectivity index is 1.93. The first-order valence-electron chi connectivity index (χ1n) is 6.29. The summed E-state index contributed by atoms with van der Waals surface area (Å²) >= 11 is 0. The van der Waals surface area contributed by atoms with Gasteiger partial charge in [0.25, 0.3) is 0 Å². The van der Waals surface area contributed by atoms with Gasteiger partial charge in [-0.15, -0.1) is 0 Å². The van der Waals surface area contributed by atoms with Crippen LogP contribution in [-0.4, -0.2) is 53.8 Å². The molecule has 0 saturated carbocycles. The van der Waals surface area contributed by atoms with E-state index >= 15 is 0 Å². The molecule has 2 rings (SSSR count). The molecule has 2 aliphatic rings. The molecule has 3 unspecified atom stereocenters. The lowest BCUT2D eigenvalue weighted by atomic mass is 9.99. The molecule has 102 valence electrons. The van der Waals surface area contributed by atoms with Crippen LogP contribution in [0.5, 0.6) is 0 Å². The Morgan fingerprint density at radius 2 is 2.17 bits per heavy atom. The van der Waals surface area contributed by atoms with E-state index in [0.29, 0.717) is 26.3 Å². The van der Waals surface area contributed by atoms with Gasteiger partial charge in [-0.1, -0.05) is 6.92 Å². The quantitative estimate of drug-likeness (QED) is 0.755. The predicted octanol–water partition coefficient (Wildman–Crippen LogP) is 0.527. The Morgan fingerprint density at radius 3 is 2.67 bits per heavy atom. The van der Waals surface area contributed by atoms with Crippen molar-refractivity contribution < 1.29 is 19.4 Å². The maximum absolute atomic E-state index is 12.1. The molecular formula is C12H20N2O4. The Hall–Kier alpha value is -1.30. The summed E-state index contributed by atoms with van der Waals surface area (Å²) in [7, 11) is 0. The van der Waals surface area contributed by atoms with Gasteiger partial charge in [0.2, 0.25) is 0 Å². The van der Waals surface area contributed by atoms with Gasteiger partial charge >= 0.3 is 12.0 Å². The third-order valence-electron chi connectivity index (χ3n) is 3.84. The van der Waals surface area contributed by atoms with Gasteiger partial charge in [-0.3, -0.25) is 4.79 Å². The van der Waals surface area contributed by atoms with Crippen molar-refractivity contribution >= 4 is 12.0 Å². The molecule has 6 heteroatoms. The van der Waals surface area contributed by atoms with Crippen LogP contribution in [-0.2, 0) is 9.53 Å². The van der Waals surface area contributed by atoms with E-state index in [0.717, 1.165) is 6.42 Å². The number of hydrogen-bond acceptors (Lipinski definition) is 3. The number of nitrogens with one attached hydrogen (secondary N) is 1. The number of carboxylic acids is 1. The summed E-state index contributed by atoms with van der Waals surface area (Å²) in [5.41, 5.74) is -0.318. The monoisotopic (exact) mass is 256 g/mol. The SMILES string of the molecule is CC1CN(C(=O)NC2(C)CCOC2)CC1C(=O)O. The molecule has 3 atom stereocenters.